The van der Waals surface area contributed by atoms with Crippen LogP contribution in [0.3, 0.4) is 0 Å². The van der Waals surface area contributed by atoms with Crippen LogP contribution in [-0.4, -0.2) is 23.1 Å². The molecule has 4 rings (SSSR count). The van der Waals surface area contributed by atoms with E-state index in [9.17, 15) is 9.59 Å². The van der Waals surface area contributed by atoms with Crippen LogP contribution in [0.25, 0.3) is 22.3 Å². The second-order valence-electron chi connectivity index (χ2n) is 11.9. The summed E-state index contributed by atoms with van der Waals surface area (Å²) in [7, 11) is 0. The molecule has 0 radical (unpaired) electrons. The second kappa shape index (κ2) is 19.5. The van der Waals surface area contributed by atoms with Gasteiger partial charge in [-0.05, 0) is 74.9 Å². The molecule has 0 aliphatic heterocycles. The summed E-state index contributed by atoms with van der Waals surface area (Å²) >= 11 is 3.46. The van der Waals surface area contributed by atoms with E-state index in [0.717, 1.165) is 27.8 Å². The van der Waals surface area contributed by atoms with Gasteiger partial charge in [-0.15, -0.1) is 0 Å². The van der Waals surface area contributed by atoms with Gasteiger partial charge in [-0.2, -0.15) is 5.26 Å². The quantitative estimate of drug-likeness (QED) is 0.0961. The summed E-state index contributed by atoms with van der Waals surface area (Å²) in [6.07, 6.45) is 0.176. The van der Waals surface area contributed by atoms with Crippen molar-refractivity contribution in [2.75, 3.05) is 0 Å². The monoisotopic (exact) mass is 704 g/mol. The van der Waals surface area contributed by atoms with E-state index >= 15 is 0 Å². The number of alkyl halides is 1. The maximum Gasteiger partial charge on any atom is 1.00 e. The molecule has 4 aromatic carbocycles. The van der Waals surface area contributed by atoms with Crippen LogP contribution in [-0.2, 0) is 21.2 Å². The molecule has 6 nitrogen and oxygen atoms in total. The zero-order valence-corrected chi connectivity index (χ0v) is 32.3. The zero-order valence-electron chi connectivity index (χ0n) is 27.6. The minimum atomic E-state index is -0.579. The Balaban J connectivity index is 0.000000428. The van der Waals surface area contributed by atoms with Gasteiger partial charge in [0.2, 0.25) is 0 Å². The van der Waals surface area contributed by atoms with Crippen molar-refractivity contribution in [3.05, 3.63) is 126 Å². The Bertz CT molecular complexity index is 1640. The van der Waals surface area contributed by atoms with E-state index < -0.39 is 17.2 Å². The van der Waals surface area contributed by atoms with Crippen molar-refractivity contribution in [3.63, 3.8) is 0 Å². The first-order valence-electron chi connectivity index (χ1n) is 14.3. The van der Waals surface area contributed by atoms with Crippen molar-refractivity contribution in [1.29, 1.82) is 10.5 Å². The Morgan fingerprint density at radius 1 is 0.652 bits per heavy atom. The summed E-state index contributed by atoms with van der Waals surface area (Å²) in [5.41, 5.74) is 5.30. The molecule has 0 atom stereocenters. The Labute approximate surface area is 324 Å². The number of benzene rings is 4. The molecule has 232 valence electrons. The smallest absolute Gasteiger partial charge is 0.512 e. The van der Waals surface area contributed by atoms with Gasteiger partial charge in [-0.3, -0.25) is 0 Å². The number of carbonyl (C=O) groups excluding carboxylic acids is 2. The molecule has 8 heteroatoms. The van der Waals surface area contributed by atoms with E-state index in [-0.39, 0.29) is 63.8 Å². The van der Waals surface area contributed by atoms with Gasteiger partial charge < -0.3 is 21.3 Å². The molecule has 0 amide bonds. The molecule has 0 aliphatic carbocycles. The first kappa shape index (κ1) is 40.9. The van der Waals surface area contributed by atoms with E-state index in [4.69, 9.17) is 26.6 Å². The number of nitriles is 1. The molecule has 0 heterocycles. The molecule has 0 N–H and O–H groups in total. The van der Waals surface area contributed by atoms with Crippen LogP contribution in [0.1, 0.15) is 73.4 Å². The molecule has 0 saturated carbocycles. The number of rotatable bonds is 6. The Morgan fingerprint density at radius 2 is 1.02 bits per heavy atom. The van der Waals surface area contributed by atoms with Gasteiger partial charge in [0.1, 0.15) is 11.2 Å². The molecule has 0 spiro atoms. The fourth-order valence-electron chi connectivity index (χ4n) is 4.40. The maximum atomic E-state index is 12.6. The van der Waals surface area contributed by atoms with Gasteiger partial charge in [0.25, 0.3) is 0 Å². The van der Waals surface area contributed by atoms with Crippen molar-refractivity contribution in [2.24, 2.45) is 0 Å². The molecule has 0 saturated heterocycles. The summed E-state index contributed by atoms with van der Waals surface area (Å²) in [6, 6.07) is 33.1. The average molecular weight is 706 g/mol. The number of hydrogen-bond donors (Lipinski definition) is 0. The van der Waals surface area contributed by atoms with Crippen molar-refractivity contribution < 1.29 is 70.4 Å². The van der Waals surface area contributed by atoms with E-state index in [1.165, 1.54) is 0 Å². The third kappa shape index (κ3) is 12.6. The number of hydrogen-bond acceptors (Lipinski definition) is 6. The SMILES string of the molecule is CC(C)(C)OC(=O)c1c(CBr)cccc1-c1ccccc1.CC(C)(C)OC(=O)c1c(CC#N)cccc1-c1ccccc1.[C-]#N.[K+]. The summed E-state index contributed by atoms with van der Waals surface area (Å²) in [5.74, 6) is -0.673. The Morgan fingerprint density at radius 3 is 1.37 bits per heavy atom. The van der Waals surface area contributed by atoms with Crippen LogP contribution in [0.4, 0.5) is 0 Å². The average Bonchev–Trinajstić information content (AvgIpc) is 3.01. The van der Waals surface area contributed by atoms with Gasteiger partial charge >= 0.3 is 63.3 Å². The molecule has 0 bridgehead atoms. The Hall–Kier alpha value is -3.08. The van der Waals surface area contributed by atoms with Crippen LogP contribution in [0.5, 0.6) is 0 Å². The minimum Gasteiger partial charge on any atom is -0.512 e. The van der Waals surface area contributed by atoms with Gasteiger partial charge in [0.05, 0.1) is 23.6 Å². The minimum absolute atomic E-state index is 0. The third-order valence-corrected chi connectivity index (χ3v) is 6.69. The van der Waals surface area contributed by atoms with Gasteiger partial charge in [0.15, 0.2) is 0 Å². The predicted octanol–water partition coefficient (Wildman–Crippen LogP) is 6.68. The molecule has 46 heavy (non-hydrogen) atoms. The van der Waals surface area contributed by atoms with Gasteiger partial charge in [0, 0.05) is 5.33 Å². The number of esters is 2. The van der Waals surface area contributed by atoms with Crippen molar-refractivity contribution in [1.82, 2.24) is 0 Å². The molecule has 0 fully saturated rings. The van der Waals surface area contributed by atoms with E-state index in [0.29, 0.717) is 22.0 Å². The number of ether oxygens (including phenoxy) is 2. The first-order chi connectivity index (χ1) is 21.3. The second-order valence-corrected chi connectivity index (χ2v) is 12.4. The third-order valence-electron chi connectivity index (χ3n) is 6.09. The fourth-order valence-corrected chi connectivity index (χ4v) is 4.87. The number of nitrogens with zero attached hydrogens (tertiary/aromatic N) is 2. The largest absolute Gasteiger partial charge is 1.00 e. The summed E-state index contributed by atoms with van der Waals surface area (Å²) in [4.78, 5) is 25.2. The summed E-state index contributed by atoms with van der Waals surface area (Å²) < 4.78 is 11.1. The van der Waals surface area contributed by atoms with Crippen LogP contribution in [0.15, 0.2) is 97.1 Å². The summed E-state index contributed by atoms with van der Waals surface area (Å²) in [6.45, 7) is 15.9. The van der Waals surface area contributed by atoms with Gasteiger partial charge in [-0.25, -0.2) is 9.59 Å². The number of carbonyl (C=O) groups is 2. The standard InChI is InChI=1S/C19H19NO2.C18H19BrO2.CN.K/c1-19(2,3)22-18(21)17-15(12-13-20)10-7-11-16(17)14-8-5-4-6-9-14;1-18(2,3)21-17(20)16-14(12-19)10-7-11-15(16)13-8-5-4-6-9-13;1-2;/h4-11H,12H2,1-3H3;4-11H,12H2,1-3H3;;/q;;-1;+1. The fraction of sp³-hybridized carbons (Fsp3) is 0.263. The molecular formula is C38H38BrKN2O4. The Kier molecular flexibility index (Phi) is 17.4. The van der Waals surface area contributed by atoms with Crippen molar-refractivity contribution in [3.8, 4) is 28.3 Å². The maximum absolute atomic E-state index is 12.6. The van der Waals surface area contributed by atoms with E-state index in [2.05, 4.69) is 22.0 Å². The molecular weight excluding hydrogens is 667 g/mol. The molecule has 0 aliphatic rings. The van der Waals surface area contributed by atoms with E-state index in [1.54, 1.807) is 6.07 Å². The van der Waals surface area contributed by atoms with Crippen LogP contribution < -0.4 is 51.4 Å². The molecule has 0 unspecified atom stereocenters. The van der Waals surface area contributed by atoms with Crippen molar-refractivity contribution in [2.45, 2.75) is 64.5 Å². The van der Waals surface area contributed by atoms with Gasteiger partial charge in [-0.1, -0.05) is 113 Å². The predicted molar refractivity (Wildman–Crippen MR) is 181 cm³/mol. The first-order valence-corrected chi connectivity index (χ1v) is 15.4. The normalized spacial score (nSPS) is 10.3. The number of halogens is 1. The van der Waals surface area contributed by atoms with Crippen LogP contribution in [0.2, 0.25) is 0 Å². The van der Waals surface area contributed by atoms with E-state index in [1.807, 2.05) is 133 Å². The topological polar surface area (TPSA) is 100 Å². The van der Waals surface area contributed by atoms with Crippen LogP contribution >= 0.6 is 15.9 Å². The zero-order chi connectivity index (χ0) is 33.6. The molecule has 4 aromatic rings. The summed E-state index contributed by atoms with van der Waals surface area (Å²) in [5, 5.41) is 15.9. The van der Waals surface area contributed by atoms with Crippen LogP contribution in [0, 0.1) is 23.2 Å². The molecule has 0 aromatic heterocycles. The van der Waals surface area contributed by atoms with Crippen molar-refractivity contribution >= 4 is 27.9 Å².